The van der Waals surface area contributed by atoms with Gasteiger partial charge in [-0.15, -0.1) is 0 Å². The van der Waals surface area contributed by atoms with Gasteiger partial charge < -0.3 is 0 Å². The Kier molecular flexibility index (Phi) is 4.66. The van der Waals surface area contributed by atoms with Gasteiger partial charge in [0, 0.05) is 24.5 Å². The molecule has 0 saturated heterocycles. The van der Waals surface area contributed by atoms with Crippen LogP contribution < -0.4 is 0 Å². The summed E-state index contributed by atoms with van der Waals surface area (Å²) in [6, 6.07) is 14.1. The van der Waals surface area contributed by atoms with Crippen LogP contribution in [0.1, 0.15) is 42.7 Å². The van der Waals surface area contributed by atoms with Crippen molar-refractivity contribution in [3.05, 3.63) is 63.6 Å². The fraction of sp³-hybridized carbons (Fsp3) is 0.333. The number of carbonyl (C=O) groups is 1. The molecule has 2 atom stereocenters. The number of halogens is 2. The van der Waals surface area contributed by atoms with Crippen molar-refractivity contribution in [2.24, 2.45) is 10.9 Å². The lowest BCUT2D eigenvalue weighted by atomic mass is 9.89. The average Bonchev–Trinajstić information content (AvgIpc) is 2.85. The van der Waals surface area contributed by atoms with Gasteiger partial charge in [0.25, 0.3) is 0 Å². The summed E-state index contributed by atoms with van der Waals surface area (Å²) < 4.78 is 0. The van der Waals surface area contributed by atoms with E-state index in [2.05, 4.69) is 12.1 Å². The number of fused-ring (bicyclic) bond motifs is 2. The summed E-state index contributed by atoms with van der Waals surface area (Å²) in [7, 11) is 0. The first-order valence-corrected chi connectivity index (χ1v) is 9.48. The Morgan fingerprint density at radius 3 is 2.44 bits per heavy atom. The van der Waals surface area contributed by atoms with Gasteiger partial charge in [-0.1, -0.05) is 53.5 Å². The quantitative estimate of drug-likeness (QED) is 0.589. The number of rotatable bonds is 1. The number of benzene rings is 2. The third-order valence-electron chi connectivity index (χ3n) is 5.29. The molecule has 1 fully saturated rings. The van der Waals surface area contributed by atoms with Crippen molar-refractivity contribution in [2.45, 2.75) is 38.0 Å². The Labute approximate surface area is 157 Å². The van der Waals surface area contributed by atoms with Crippen molar-refractivity contribution < 1.29 is 4.79 Å². The molecule has 25 heavy (non-hydrogen) atoms. The van der Waals surface area contributed by atoms with Crippen molar-refractivity contribution in [1.29, 1.82) is 0 Å². The SMILES string of the molecule is O=C1CC2CCc3cc(Cl)c(Cl)cc3N=C2CC(c2ccccc2)C1. The van der Waals surface area contributed by atoms with E-state index in [0.29, 0.717) is 28.7 Å². The van der Waals surface area contributed by atoms with Gasteiger partial charge in [-0.25, -0.2) is 0 Å². The number of aliphatic imine (C=N–C) groups is 1. The zero-order chi connectivity index (χ0) is 17.4. The van der Waals surface area contributed by atoms with Crippen LogP contribution in [0.2, 0.25) is 10.0 Å². The molecule has 0 aromatic heterocycles. The third-order valence-corrected chi connectivity index (χ3v) is 6.02. The predicted octanol–water partition coefficient (Wildman–Crippen LogP) is 6.17. The number of hydrogen-bond acceptors (Lipinski definition) is 2. The van der Waals surface area contributed by atoms with Crippen LogP contribution in [0.5, 0.6) is 0 Å². The van der Waals surface area contributed by atoms with Crippen molar-refractivity contribution >= 4 is 40.4 Å². The van der Waals surface area contributed by atoms with E-state index in [1.54, 1.807) is 0 Å². The van der Waals surface area contributed by atoms with E-state index in [4.69, 9.17) is 28.2 Å². The normalized spacial score (nSPS) is 23.1. The van der Waals surface area contributed by atoms with Gasteiger partial charge >= 0.3 is 0 Å². The summed E-state index contributed by atoms with van der Waals surface area (Å²) in [6.45, 7) is 0. The van der Waals surface area contributed by atoms with E-state index in [-0.39, 0.29) is 11.8 Å². The second-order valence-corrected chi connectivity index (χ2v) is 7.81. The highest BCUT2D eigenvalue weighted by molar-refractivity contribution is 6.42. The molecule has 2 nitrogen and oxygen atoms in total. The first-order valence-electron chi connectivity index (χ1n) is 8.72. The number of hydrogen-bond donors (Lipinski definition) is 0. The highest BCUT2D eigenvalue weighted by Gasteiger charge is 2.31. The van der Waals surface area contributed by atoms with Gasteiger partial charge in [0.1, 0.15) is 5.78 Å². The van der Waals surface area contributed by atoms with E-state index >= 15 is 0 Å². The predicted molar refractivity (Wildman–Crippen MR) is 103 cm³/mol. The zero-order valence-corrected chi connectivity index (χ0v) is 15.4. The Hall–Kier alpha value is -1.64. The standard InChI is InChI=1S/C21H19Cl2NO/c22-18-10-15-7-6-14-8-17(25)9-16(13-4-2-1-3-5-13)11-20(14)24-21(15)12-19(18)23/h1-5,10,12,14,16H,6-9,11H2. The van der Waals surface area contributed by atoms with Crippen LogP contribution >= 0.6 is 23.2 Å². The fourth-order valence-corrected chi connectivity index (χ4v) is 4.32. The van der Waals surface area contributed by atoms with Crippen LogP contribution in [0.4, 0.5) is 5.69 Å². The van der Waals surface area contributed by atoms with Crippen molar-refractivity contribution in [3.63, 3.8) is 0 Å². The maximum Gasteiger partial charge on any atom is 0.134 e. The number of aryl methyl sites for hydroxylation is 1. The molecule has 1 aliphatic carbocycles. The summed E-state index contributed by atoms with van der Waals surface area (Å²) in [5, 5.41) is 1.11. The molecule has 128 valence electrons. The topological polar surface area (TPSA) is 29.4 Å². The number of nitrogens with zero attached hydrogens (tertiary/aromatic N) is 1. The molecule has 4 heteroatoms. The molecule has 1 heterocycles. The fourth-order valence-electron chi connectivity index (χ4n) is 3.97. The Morgan fingerprint density at radius 1 is 0.920 bits per heavy atom. The molecule has 0 amide bonds. The number of ketones is 1. The van der Waals surface area contributed by atoms with Crippen LogP contribution in [0.3, 0.4) is 0 Å². The summed E-state index contributed by atoms with van der Waals surface area (Å²) in [4.78, 5) is 17.5. The van der Waals surface area contributed by atoms with Crippen LogP contribution in [-0.2, 0) is 11.2 Å². The lowest BCUT2D eigenvalue weighted by Crippen LogP contribution is -2.15. The van der Waals surface area contributed by atoms with E-state index in [0.717, 1.165) is 36.2 Å². The van der Waals surface area contributed by atoms with Crippen molar-refractivity contribution in [2.75, 3.05) is 0 Å². The van der Waals surface area contributed by atoms with Crippen LogP contribution in [0.25, 0.3) is 0 Å². The van der Waals surface area contributed by atoms with Gasteiger partial charge in [-0.05, 0) is 48.4 Å². The Bertz CT molecular complexity index is 844. The van der Waals surface area contributed by atoms with Crippen molar-refractivity contribution in [1.82, 2.24) is 0 Å². The van der Waals surface area contributed by atoms with E-state index in [9.17, 15) is 4.79 Å². The molecule has 4 rings (SSSR count). The lowest BCUT2D eigenvalue weighted by molar-refractivity contribution is -0.119. The monoisotopic (exact) mass is 371 g/mol. The molecule has 0 N–H and O–H groups in total. The molecule has 1 aliphatic heterocycles. The Balaban J connectivity index is 1.73. The maximum absolute atomic E-state index is 12.5. The molecule has 2 aromatic carbocycles. The zero-order valence-electron chi connectivity index (χ0n) is 13.8. The largest absolute Gasteiger partial charge is 0.300 e. The molecule has 0 bridgehead atoms. The first kappa shape index (κ1) is 16.8. The van der Waals surface area contributed by atoms with Gasteiger partial charge in [0.15, 0.2) is 0 Å². The second-order valence-electron chi connectivity index (χ2n) is 6.99. The molecule has 1 saturated carbocycles. The highest BCUT2D eigenvalue weighted by atomic mass is 35.5. The molecule has 0 spiro atoms. The first-order chi connectivity index (χ1) is 12.1. The second kappa shape index (κ2) is 6.93. The van der Waals surface area contributed by atoms with Gasteiger partial charge in [-0.2, -0.15) is 0 Å². The van der Waals surface area contributed by atoms with Crippen molar-refractivity contribution in [3.8, 4) is 0 Å². The Morgan fingerprint density at radius 2 is 1.64 bits per heavy atom. The van der Waals surface area contributed by atoms with E-state index in [1.807, 2.05) is 30.3 Å². The molecule has 2 unspecified atom stereocenters. The summed E-state index contributed by atoms with van der Waals surface area (Å²) >= 11 is 12.4. The van der Waals surface area contributed by atoms with Crippen LogP contribution in [-0.4, -0.2) is 11.5 Å². The highest BCUT2D eigenvalue weighted by Crippen LogP contribution is 2.39. The summed E-state index contributed by atoms with van der Waals surface area (Å²) in [6.07, 6.45) is 3.86. The molecule has 2 aromatic rings. The smallest absolute Gasteiger partial charge is 0.134 e. The van der Waals surface area contributed by atoms with Gasteiger partial charge in [0.2, 0.25) is 0 Å². The van der Waals surface area contributed by atoms with Gasteiger partial charge in [0.05, 0.1) is 15.7 Å². The van der Waals surface area contributed by atoms with Crippen LogP contribution in [0.15, 0.2) is 47.5 Å². The minimum Gasteiger partial charge on any atom is -0.300 e. The molecular weight excluding hydrogens is 353 g/mol. The lowest BCUT2D eigenvalue weighted by Gasteiger charge is -2.16. The number of Topliss-reactive ketones (excluding diaryl/α,β-unsaturated/α-hetero) is 1. The van der Waals surface area contributed by atoms with Gasteiger partial charge in [-0.3, -0.25) is 9.79 Å². The minimum absolute atomic E-state index is 0.210. The van der Waals surface area contributed by atoms with Crippen LogP contribution in [0, 0.1) is 5.92 Å². The molecule has 0 radical (unpaired) electrons. The number of carbonyl (C=O) groups excluding carboxylic acids is 1. The third kappa shape index (κ3) is 3.51. The van der Waals surface area contributed by atoms with E-state index < -0.39 is 0 Å². The molecular formula is C21H19Cl2NO. The average molecular weight is 372 g/mol. The summed E-state index contributed by atoms with van der Waals surface area (Å²) in [5.74, 6) is 0.777. The van der Waals surface area contributed by atoms with E-state index in [1.165, 1.54) is 5.56 Å². The minimum atomic E-state index is 0.210. The summed E-state index contributed by atoms with van der Waals surface area (Å²) in [5.41, 5.74) is 4.39. The molecule has 2 aliphatic rings. The maximum atomic E-state index is 12.5.